The average molecular weight is 728 g/mol. The van der Waals surface area contributed by atoms with Crippen LogP contribution in [0.3, 0.4) is 0 Å². The Balaban J connectivity index is 1.35. The number of aromatic nitrogens is 1. The number of aryl methyl sites for hydroxylation is 1. The second-order valence-corrected chi connectivity index (χ2v) is 12.9. The van der Waals surface area contributed by atoms with Gasteiger partial charge in [-0.05, 0) is 81.5 Å². The van der Waals surface area contributed by atoms with E-state index in [9.17, 15) is 14.9 Å². The van der Waals surface area contributed by atoms with Crippen LogP contribution < -0.4 is 24.4 Å². The maximum absolute atomic E-state index is 14.2. The molecule has 0 amide bonds. The van der Waals surface area contributed by atoms with Crippen LogP contribution in [0, 0.1) is 13.7 Å². The summed E-state index contributed by atoms with van der Waals surface area (Å²) in [5.74, 6) is 1.20. The monoisotopic (exact) mass is 727 g/mol. The Hall–Kier alpha value is -4.55. The van der Waals surface area contributed by atoms with E-state index in [1.807, 2.05) is 66.7 Å². The van der Waals surface area contributed by atoms with Gasteiger partial charge in [-0.15, -0.1) is 0 Å². The van der Waals surface area contributed by atoms with Crippen LogP contribution in [0.4, 0.5) is 5.69 Å². The Morgan fingerprint density at radius 2 is 1.84 bits per heavy atom. The van der Waals surface area contributed by atoms with Crippen molar-refractivity contribution in [2.45, 2.75) is 25.5 Å². The SMILES string of the molecule is COc1cc(/C=c2/sc3n(c2=O)[C@H](c2cccc([N+](=O)[O-])c2)C2=C(N=3)c3ccccc3CC2)cc(I)c1OCc1ccccc1. The number of hydrogen-bond acceptors (Lipinski definition) is 7. The number of methoxy groups -OCH3 is 1. The van der Waals surface area contributed by atoms with Gasteiger partial charge in [-0.1, -0.05) is 78.1 Å². The lowest BCUT2D eigenvalue weighted by Crippen LogP contribution is -2.38. The highest BCUT2D eigenvalue weighted by Crippen LogP contribution is 2.42. The minimum Gasteiger partial charge on any atom is -0.493 e. The third-order valence-electron chi connectivity index (χ3n) is 8.05. The number of halogens is 1. The molecule has 10 heteroatoms. The highest BCUT2D eigenvalue weighted by atomic mass is 127. The molecule has 2 aliphatic rings. The van der Waals surface area contributed by atoms with Gasteiger partial charge in [0, 0.05) is 17.7 Å². The highest BCUT2D eigenvalue weighted by Gasteiger charge is 2.33. The van der Waals surface area contributed by atoms with Crippen molar-refractivity contribution >= 4 is 51.4 Å². The number of rotatable bonds is 7. The standard InChI is InChI=1S/C35H26IN3O5S/c1-43-29-17-22(16-28(36)33(29)44-20-21-8-3-2-4-9-21)18-30-34(40)38-32(24-11-7-12-25(19-24)39(41)42)27-15-14-23-10-5-6-13-26(23)31(27)37-35(38)45-30/h2-13,16-19,32H,14-15,20H2,1H3/b30-18+/t32-/m1/s1. The number of allylic oxidation sites excluding steroid dienone is 1. The molecule has 2 heterocycles. The molecule has 0 fully saturated rings. The number of thiazole rings is 1. The predicted molar refractivity (Wildman–Crippen MR) is 182 cm³/mol. The second kappa shape index (κ2) is 12.1. The topological polar surface area (TPSA) is 96.0 Å². The second-order valence-electron chi connectivity index (χ2n) is 10.8. The number of fused-ring (bicyclic) bond motifs is 3. The maximum atomic E-state index is 14.2. The molecule has 7 rings (SSSR count). The van der Waals surface area contributed by atoms with E-state index in [1.165, 1.54) is 23.0 Å². The van der Waals surface area contributed by atoms with Crippen LogP contribution in [-0.4, -0.2) is 16.6 Å². The van der Waals surface area contributed by atoms with E-state index in [2.05, 4.69) is 34.7 Å². The first kappa shape index (κ1) is 29.2. The molecular formula is C35H26IN3O5S. The van der Waals surface area contributed by atoms with E-state index >= 15 is 0 Å². The molecule has 0 bridgehead atoms. The molecule has 0 saturated carbocycles. The van der Waals surface area contributed by atoms with Crippen LogP contribution >= 0.6 is 33.9 Å². The van der Waals surface area contributed by atoms with Gasteiger partial charge in [0.1, 0.15) is 6.61 Å². The van der Waals surface area contributed by atoms with E-state index in [4.69, 9.17) is 14.5 Å². The van der Waals surface area contributed by atoms with E-state index in [1.54, 1.807) is 23.8 Å². The minimum atomic E-state index is -0.505. The molecule has 4 aromatic carbocycles. The first-order chi connectivity index (χ1) is 21.9. The van der Waals surface area contributed by atoms with Gasteiger partial charge in [0.15, 0.2) is 16.3 Å². The average Bonchev–Trinajstić information content (AvgIpc) is 3.37. The van der Waals surface area contributed by atoms with Crippen molar-refractivity contribution in [2.24, 2.45) is 4.99 Å². The number of ether oxygens (including phenoxy) is 2. The van der Waals surface area contributed by atoms with Gasteiger partial charge >= 0.3 is 0 Å². The number of nitro benzene ring substituents is 1. The molecule has 8 nitrogen and oxygen atoms in total. The minimum absolute atomic E-state index is 0.0128. The van der Waals surface area contributed by atoms with Gasteiger partial charge in [0.2, 0.25) is 0 Å². The summed E-state index contributed by atoms with van der Waals surface area (Å²) in [5, 5.41) is 11.7. The molecular weight excluding hydrogens is 701 g/mol. The molecule has 224 valence electrons. The predicted octanol–water partition coefficient (Wildman–Crippen LogP) is 6.42. The van der Waals surface area contributed by atoms with E-state index in [0.29, 0.717) is 39.4 Å². The zero-order chi connectivity index (χ0) is 31.1. The van der Waals surface area contributed by atoms with Gasteiger partial charge in [-0.2, -0.15) is 0 Å². The number of non-ortho nitro benzene ring substituents is 1. The van der Waals surface area contributed by atoms with Crippen LogP contribution in [-0.2, 0) is 13.0 Å². The smallest absolute Gasteiger partial charge is 0.271 e. The Morgan fingerprint density at radius 1 is 1.04 bits per heavy atom. The summed E-state index contributed by atoms with van der Waals surface area (Å²) >= 11 is 3.54. The van der Waals surface area contributed by atoms with Gasteiger partial charge in [0.05, 0.1) is 31.9 Å². The molecule has 0 radical (unpaired) electrons. The lowest BCUT2D eigenvalue weighted by atomic mass is 9.83. The van der Waals surface area contributed by atoms with Gasteiger partial charge in [0.25, 0.3) is 11.2 Å². The Bertz CT molecular complexity index is 2190. The largest absolute Gasteiger partial charge is 0.493 e. The number of hydrogen-bond donors (Lipinski definition) is 0. The fourth-order valence-corrected chi connectivity index (χ4v) is 7.76. The first-order valence-electron chi connectivity index (χ1n) is 14.3. The van der Waals surface area contributed by atoms with Gasteiger partial charge in [-0.25, -0.2) is 4.99 Å². The molecule has 1 aromatic heterocycles. The molecule has 1 aliphatic carbocycles. The van der Waals surface area contributed by atoms with Crippen LogP contribution in [0.1, 0.15) is 40.3 Å². The summed E-state index contributed by atoms with van der Waals surface area (Å²) in [5.41, 5.74) is 6.39. The van der Waals surface area contributed by atoms with E-state index < -0.39 is 11.0 Å². The zero-order valence-corrected chi connectivity index (χ0v) is 27.1. The van der Waals surface area contributed by atoms with Crippen molar-refractivity contribution in [3.8, 4) is 11.5 Å². The Labute approximate surface area is 275 Å². The quantitative estimate of drug-likeness (QED) is 0.110. The summed E-state index contributed by atoms with van der Waals surface area (Å²) in [7, 11) is 1.60. The van der Waals surface area contributed by atoms with Crippen molar-refractivity contribution in [3.05, 3.63) is 158 Å². The molecule has 0 saturated heterocycles. The molecule has 0 N–H and O–H groups in total. The third kappa shape index (κ3) is 5.48. The van der Waals surface area contributed by atoms with E-state index in [-0.39, 0.29) is 11.2 Å². The van der Waals surface area contributed by atoms with Gasteiger partial charge < -0.3 is 9.47 Å². The van der Waals surface area contributed by atoms with Crippen LogP contribution in [0.15, 0.2) is 106 Å². The van der Waals surface area contributed by atoms with E-state index in [0.717, 1.165) is 38.0 Å². The maximum Gasteiger partial charge on any atom is 0.271 e. The number of nitrogens with zero attached hydrogens (tertiary/aromatic N) is 3. The first-order valence-corrected chi connectivity index (χ1v) is 16.2. The van der Waals surface area contributed by atoms with Crippen molar-refractivity contribution < 1.29 is 14.4 Å². The molecule has 0 spiro atoms. The highest BCUT2D eigenvalue weighted by molar-refractivity contribution is 14.1. The Morgan fingerprint density at radius 3 is 2.64 bits per heavy atom. The molecule has 1 atom stereocenters. The lowest BCUT2D eigenvalue weighted by molar-refractivity contribution is -0.384. The summed E-state index contributed by atoms with van der Waals surface area (Å²) in [4.78, 5) is 31.1. The summed E-state index contributed by atoms with van der Waals surface area (Å²) in [6.45, 7) is 0.399. The van der Waals surface area contributed by atoms with Gasteiger partial charge in [-0.3, -0.25) is 19.5 Å². The molecule has 0 unspecified atom stereocenters. The van der Waals surface area contributed by atoms with Crippen LogP contribution in [0.2, 0.25) is 0 Å². The fourth-order valence-electron chi connectivity index (χ4n) is 5.98. The fraction of sp³-hybridized carbons (Fsp3) is 0.143. The van der Waals surface area contributed by atoms with Crippen LogP contribution in [0.5, 0.6) is 11.5 Å². The van der Waals surface area contributed by atoms with Crippen molar-refractivity contribution in [1.82, 2.24) is 4.57 Å². The third-order valence-corrected chi connectivity index (χ3v) is 9.83. The summed E-state index contributed by atoms with van der Waals surface area (Å²) < 4.78 is 14.9. The summed E-state index contributed by atoms with van der Waals surface area (Å²) in [6.07, 6.45) is 3.35. The molecule has 45 heavy (non-hydrogen) atoms. The zero-order valence-electron chi connectivity index (χ0n) is 24.1. The lowest BCUT2D eigenvalue weighted by Gasteiger charge is -2.30. The number of benzene rings is 4. The summed E-state index contributed by atoms with van der Waals surface area (Å²) in [6, 6.07) is 28.0. The van der Waals surface area contributed by atoms with Crippen molar-refractivity contribution in [3.63, 3.8) is 0 Å². The Kier molecular flexibility index (Phi) is 7.84. The van der Waals surface area contributed by atoms with Crippen LogP contribution in [0.25, 0.3) is 11.8 Å². The normalized spacial score (nSPS) is 15.5. The number of nitro groups is 1. The van der Waals surface area contributed by atoms with Crippen molar-refractivity contribution in [2.75, 3.05) is 7.11 Å². The van der Waals surface area contributed by atoms with Crippen molar-refractivity contribution in [1.29, 1.82) is 0 Å². The molecule has 1 aliphatic heterocycles. The molecule has 5 aromatic rings.